The molecule has 1 spiro atoms. The Morgan fingerprint density at radius 1 is 1.06 bits per heavy atom. The van der Waals surface area contributed by atoms with Crippen molar-refractivity contribution in [3.8, 4) is 0 Å². The average molecular weight is 691 g/mol. The molecular formula is C36H54N2O9S. The average Bonchev–Trinajstić information content (AvgIpc) is 3.76. The van der Waals surface area contributed by atoms with Crippen LogP contribution in [0.5, 0.6) is 0 Å². The Morgan fingerprint density at radius 2 is 1.79 bits per heavy atom. The van der Waals surface area contributed by atoms with Gasteiger partial charge in [0.15, 0.2) is 0 Å². The molecule has 0 aromatic rings. The molecule has 0 bridgehead atoms. The molecule has 3 aliphatic heterocycles. The first kappa shape index (κ1) is 38.3. The fourth-order valence-corrected chi connectivity index (χ4v) is 7.31. The van der Waals surface area contributed by atoms with E-state index in [1.54, 1.807) is 13.0 Å². The van der Waals surface area contributed by atoms with Gasteiger partial charge in [-0.05, 0) is 70.6 Å². The number of carbonyl (C=O) groups excluding carboxylic acids is 4. The number of hydrogen-bond acceptors (Lipinski definition) is 10. The Labute approximate surface area is 289 Å². The number of epoxide rings is 1. The second-order valence-corrected chi connectivity index (χ2v) is 15.0. The number of nitrogens with one attached hydrogen (secondary N) is 2. The third-order valence-electron chi connectivity index (χ3n) is 9.77. The van der Waals surface area contributed by atoms with Crippen molar-refractivity contribution in [3.05, 3.63) is 36.0 Å². The lowest BCUT2D eigenvalue weighted by Gasteiger charge is -2.39. The molecule has 4 aliphatic rings. The van der Waals surface area contributed by atoms with Gasteiger partial charge in [0.25, 0.3) is 0 Å². The van der Waals surface area contributed by atoms with Crippen molar-refractivity contribution >= 4 is 35.3 Å². The minimum atomic E-state index is -0.806. The van der Waals surface area contributed by atoms with Crippen molar-refractivity contribution in [1.29, 1.82) is 0 Å². The van der Waals surface area contributed by atoms with Gasteiger partial charge in [0.1, 0.15) is 29.7 Å². The highest BCUT2D eigenvalue weighted by Gasteiger charge is 2.58. The third kappa shape index (κ3) is 11.3. The number of amides is 2. The summed E-state index contributed by atoms with van der Waals surface area (Å²) in [5.74, 6) is 0.498. The fraction of sp³-hybridized carbons (Fsp3) is 0.722. The van der Waals surface area contributed by atoms with E-state index in [0.29, 0.717) is 31.6 Å². The number of thioether (sulfide) groups is 1. The van der Waals surface area contributed by atoms with Gasteiger partial charge in [-0.2, -0.15) is 11.8 Å². The van der Waals surface area contributed by atoms with E-state index in [-0.39, 0.29) is 66.2 Å². The maximum atomic E-state index is 12.9. The third-order valence-corrected chi connectivity index (χ3v) is 10.3. The standard InChI is InChI=1S/C36H54N2O9S/c1-21(7-10-31-22(2)13-30(24(4)46-31)38-33(41)12-9-23(3)45-25(5)39)8-11-32-35(43)36(20-44-36)18-29(47-32)17-28(40)16-26-14-27(15-26)37-34(42)19-48-6/h7-9,11-12,22-24,26-27,29-32,35,43H,10,13-20H2,1-6H3,(H,37,42)(H,38,41)/b11-8+,12-9-,21-7+/t22-,23-,24+,26?,27?,29+,30+,31-,32+,35+,36-/m0/s1. The van der Waals surface area contributed by atoms with Gasteiger partial charge < -0.3 is 34.7 Å². The molecule has 268 valence electrons. The topological polar surface area (TPSA) is 153 Å². The summed E-state index contributed by atoms with van der Waals surface area (Å²) >= 11 is 1.50. The molecule has 12 heteroatoms. The van der Waals surface area contributed by atoms with E-state index < -0.39 is 29.9 Å². The Kier molecular flexibility index (Phi) is 13.9. The summed E-state index contributed by atoms with van der Waals surface area (Å²) in [6.45, 7) is 9.55. The predicted octanol–water partition coefficient (Wildman–Crippen LogP) is 3.58. The molecule has 3 saturated heterocycles. The molecule has 0 aromatic carbocycles. The lowest BCUT2D eigenvalue weighted by Crippen LogP contribution is -2.50. The van der Waals surface area contributed by atoms with Crippen LogP contribution in [0.15, 0.2) is 36.0 Å². The van der Waals surface area contributed by atoms with Gasteiger partial charge in [-0.3, -0.25) is 19.2 Å². The maximum Gasteiger partial charge on any atom is 0.303 e. The predicted molar refractivity (Wildman–Crippen MR) is 183 cm³/mol. The number of rotatable bonds is 15. The van der Waals surface area contributed by atoms with Gasteiger partial charge in [0, 0.05) is 38.3 Å². The molecule has 48 heavy (non-hydrogen) atoms. The highest BCUT2D eigenvalue weighted by Crippen LogP contribution is 2.44. The van der Waals surface area contributed by atoms with E-state index in [0.717, 1.165) is 24.8 Å². The van der Waals surface area contributed by atoms with Crippen LogP contribution in [0.25, 0.3) is 0 Å². The Balaban J connectivity index is 1.22. The molecule has 1 aliphatic carbocycles. The first-order valence-corrected chi connectivity index (χ1v) is 18.6. The zero-order chi connectivity index (χ0) is 35.0. The number of ketones is 1. The van der Waals surface area contributed by atoms with Crippen LogP contribution in [0.2, 0.25) is 0 Å². The molecule has 1 saturated carbocycles. The van der Waals surface area contributed by atoms with E-state index in [4.69, 9.17) is 18.9 Å². The Bertz CT molecular complexity index is 1240. The van der Waals surface area contributed by atoms with Gasteiger partial charge in [-0.25, -0.2) is 0 Å². The summed E-state index contributed by atoms with van der Waals surface area (Å²) in [5.41, 5.74) is 0.354. The number of allylic oxidation sites excluding steroid dienone is 2. The summed E-state index contributed by atoms with van der Waals surface area (Å²) in [6, 6.07) is 0.0316. The van der Waals surface area contributed by atoms with Crippen molar-refractivity contribution in [2.45, 2.75) is 134 Å². The molecule has 4 fully saturated rings. The van der Waals surface area contributed by atoms with Crippen LogP contribution in [-0.2, 0) is 38.1 Å². The van der Waals surface area contributed by atoms with Crippen molar-refractivity contribution in [1.82, 2.24) is 10.6 Å². The summed E-state index contributed by atoms with van der Waals surface area (Å²) in [7, 11) is 0. The van der Waals surface area contributed by atoms with Crippen molar-refractivity contribution in [2.24, 2.45) is 11.8 Å². The number of hydrogen-bond donors (Lipinski definition) is 3. The maximum absolute atomic E-state index is 12.9. The van der Waals surface area contributed by atoms with E-state index in [1.165, 1.54) is 24.8 Å². The van der Waals surface area contributed by atoms with E-state index in [2.05, 4.69) is 23.6 Å². The van der Waals surface area contributed by atoms with Crippen LogP contribution in [-0.4, -0.2) is 102 Å². The van der Waals surface area contributed by atoms with E-state index >= 15 is 0 Å². The highest BCUT2D eigenvalue weighted by molar-refractivity contribution is 7.99. The lowest BCUT2D eigenvalue weighted by atomic mass is 9.76. The first-order valence-electron chi connectivity index (χ1n) is 17.2. The number of Topliss-reactive ketones (excluding diaryl/α,β-unsaturated/α-hetero) is 1. The summed E-state index contributed by atoms with van der Waals surface area (Å²) in [4.78, 5) is 48.2. The van der Waals surface area contributed by atoms with Crippen molar-refractivity contribution in [3.63, 3.8) is 0 Å². The minimum absolute atomic E-state index is 0.0105. The molecule has 11 nitrogen and oxygen atoms in total. The zero-order valence-corrected chi connectivity index (χ0v) is 30.0. The van der Waals surface area contributed by atoms with Gasteiger partial charge in [-0.15, -0.1) is 0 Å². The molecule has 3 N–H and O–H groups in total. The lowest BCUT2D eigenvalue weighted by molar-refractivity contribution is -0.145. The Morgan fingerprint density at radius 3 is 2.46 bits per heavy atom. The molecule has 9 atom stereocenters. The first-order chi connectivity index (χ1) is 22.8. The van der Waals surface area contributed by atoms with Crippen LogP contribution in [0.4, 0.5) is 0 Å². The van der Waals surface area contributed by atoms with E-state index in [9.17, 15) is 24.3 Å². The normalized spacial score (nSPS) is 35.6. The number of ether oxygens (including phenoxy) is 4. The molecule has 2 amide bonds. The van der Waals surface area contributed by atoms with Crippen LogP contribution < -0.4 is 10.6 Å². The number of aliphatic hydroxyl groups is 1. The quantitative estimate of drug-likeness (QED) is 0.101. The smallest absolute Gasteiger partial charge is 0.303 e. The van der Waals surface area contributed by atoms with Crippen LogP contribution in [0.1, 0.15) is 79.6 Å². The van der Waals surface area contributed by atoms with Crippen LogP contribution in [0, 0.1) is 11.8 Å². The Hall–Kier alpha value is -2.51. The van der Waals surface area contributed by atoms with Crippen LogP contribution in [0.3, 0.4) is 0 Å². The summed E-state index contributed by atoms with van der Waals surface area (Å²) in [5, 5.41) is 17.0. The number of esters is 1. The molecular weight excluding hydrogens is 636 g/mol. The van der Waals surface area contributed by atoms with Crippen molar-refractivity contribution < 1.29 is 43.2 Å². The van der Waals surface area contributed by atoms with E-state index in [1.807, 2.05) is 32.3 Å². The minimum Gasteiger partial charge on any atom is -0.459 e. The largest absolute Gasteiger partial charge is 0.459 e. The fourth-order valence-electron chi connectivity index (χ4n) is 6.97. The zero-order valence-electron chi connectivity index (χ0n) is 29.1. The van der Waals surface area contributed by atoms with Crippen molar-refractivity contribution in [2.75, 3.05) is 18.6 Å². The molecule has 0 aromatic heterocycles. The monoisotopic (exact) mass is 690 g/mol. The molecule has 4 rings (SSSR count). The van der Waals surface area contributed by atoms with Gasteiger partial charge in [-0.1, -0.05) is 30.7 Å². The molecule has 3 heterocycles. The second-order valence-electron chi connectivity index (χ2n) is 14.1. The number of aliphatic hydroxyl groups excluding tert-OH is 1. The SMILES string of the molecule is CSCC(=O)NC1CC(CC(=O)C[C@@H]2C[C@]3(CO3)[C@H](O)[C@@H](/C=C/C(C)=C/C[C@@H]3O[C@H](C)[C@H](NC(=O)/C=C\[C@H](C)OC(C)=O)C[C@@H]3C)O2)C1. The van der Waals surface area contributed by atoms with Gasteiger partial charge in [0.2, 0.25) is 11.8 Å². The van der Waals surface area contributed by atoms with Gasteiger partial charge in [0.05, 0.1) is 36.7 Å². The second kappa shape index (κ2) is 17.4. The molecule has 0 unspecified atom stereocenters. The van der Waals surface area contributed by atoms with Gasteiger partial charge >= 0.3 is 5.97 Å². The summed E-state index contributed by atoms with van der Waals surface area (Å²) in [6.07, 6.45) is 12.8. The highest BCUT2D eigenvalue weighted by atomic mass is 32.2. The van der Waals surface area contributed by atoms with Crippen LogP contribution >= 0.6 is 11.8 Å². The molecule has 0 radical (unpaired) electrons. The summed E-state index contributed by atoms with van der Waals surface area (Å²) < 4.78 is 23.3. The number of carbonyl (C=O) groups is 4.